The van der Waals surface area contributed by atoms with E-state index in [4.69, 9.17) is 34.8 Å². The summed E-state index contributed by atoms with van der Waals surface area (Å²) in [6, 6.07) is 9.54. The van der Waals surface area contributed by atoms with Gasteiger partial charge in [0.05, 0.1) is 7.11 Å². The van der Waals surface area contributed by atoms with Gasteiger partial charge < -0.3 is 10.1 Å². The van der Waals surface area contributed by atoms with E-state index < -0.39 is 16.1 Å². The highest BCUT2D eigenvalue weighted by atomic mass is 35.6. The Bertz CT molecular complexity index is 382. The van der Waals surface area contributed by atoms with Gasteiger partial charge in [-0.15, -0.1) is 0 Å². The molecule has 0 radical (unpaired) electrons. The van der Waals surface area contributed by atoms with Crippen LogP contribution in [0.4, 0.5) is 4.79 Å². The molecular formula is C11H13Cl3N2O2. The molecule has 0 bridgehead atoms. The van der Waals surface area contributed by atoms with Crippen molar-refractivity contribution in [3.05, 3.63) is 35.9 Å². The van der Waals surface area contributed by atoms with Gasteiger partial charge in [-0.3, -0.25) is 5.32 Å². The summed E-state index contributed by atoms with van der Waals surface area (Å²) in [4.78, 5) is 11.1. The van der Waals surface area contributed by atoms with Crippen molar-refractivity contribution in [1.29, 1.82) is 0 Å². The molecule has 0 heterocycles. The molecule has 1 atom stereocenters. The summed E-state index contributed by atoms with van der Waals surface area (Å²) >= 11 is 17.3. The Kier molecular flexibility index (Phi) is 6.02. The summed E-state index contributed by atoms with van der Waals surface area (Å²) in [5, 5.41) is 5.34. The Morgan fingerprint density at radius 3 is 2.44 bits per heavy atom. The minimum absolute atomic E-state index is 0.448. The molecule has 0 aliphatic heterocycles. The number of methoxy groups -OCH3 is 1. The Hall–Kier alpha value is -0.680. The van der Waals surface area contributed by atoms with E-state index in [1.165, 1.54) is 7.11 Å². The molecule has 0 saturated carbocycles. The zero-order chi connectivity index (χ0) is 13.6. The largest absolute Gasteiger partial charge is 0.453 e. The highest BCUT2D eigenvalue weighted by Crippen LogP contribution is 2.29. The van der Waals surface area contributed by atoms with Crippen LogP contribution < -0.4 is 10.6 Å². The summed E-state index contributed by atoms with van der Waals surface area (Å²) in [6.45, 7) is 0.448. The van der Waals surface area contributed by atoms with Crippen molar-refractivity contribution in [3.63, 3.8) is 0 Å². The summed E-state index contributed by atoms with van der Waals surface area (Å²) in [5.41, 5.74) is 1.00. The van der Waals surface area contributed by atoms with E-state index in [-0.39, 0.29) is 0 Å². The van der Waals surface area contributed by atoms with Gasteiger partial charge >= 0.3 is 6.09 Å². The lowest BCUT2D eigenvalue weighted by atomic mass is 10.2. The van der Waals surface area contributed by atoms with E-state index in [0.29, 0.717) is 6.54 Å². The van der Waals surface area contributed by atoms with Crippen LogP contribution in [0.25, 0.3) is 0 Å². The molecule has 0 saturated heterocycles. The molecule has 0 aromatic heterocycles. The molecule has 7 heteroatoms. The minimum Gasteiger partial charge on any atom is -0.453 e. The second-order valence-electron chi connectivity index (χ2n) is 3.48. The number of amides is 1. The standard InChI is InChI=1S/C11H13Cl3N2O2/c1-18-10(17)16-9(11(12,13)14)15-7-8-5-3-2-4-6-8/h2-6,9,15H,7H2,1H3,(H,16,17). The van der Waals surface area contributed by atoms with Gasteiger partial charge in [-0.05, 0) is 5.56 Å². The van der Waals surface area contributed by atoms with Gasteiger partial charge in [0.2, 0.25) is 3.79 Å². The minimum atomic E-state index is -1.68. The number of carbonyl (C=O) groups is 1. The second-order valence-corrected chi connectivity index (χ2v) is 5.85. The molecule has 1 amide bonds. The van der Waals surface area contributed by atoms with Crippen molar-refractivity contribution < 1.29 is 9.53 Å². The Balaban J connectivity index is 2.59. The fourth-order valence-corrected chi connectivity index (χ4v) is 1.64. The van der Waals surface area contributed by atoms with Crippen LogP contribution in [0.15, 0.2) is 30.3 Å². The maximum atomic E-state index is 11.1. The topological polar surface area (TPSA) is 50.4 Å². The van der Waals surface area contributed by atoms with Gasteiger partial charge in [0.1, 0.15) is 6.17 Å². The van der Waals surface area contributed by atoms with Crippen molar-refractivity contribution >= 4 is 40.9 Å². The number of rotatable bonds is 4. The van der Waals surface area contributed by atoms with Gasteiger partial charge in [-0.1, -0.05) is 65.1 Å². The first-order valence-electron chi connectivity index (χ1n) is 5.12. The summed E-state index contributed by atoms with van der Waals surface area (Å²) in [5.74, 6) is 0. The molecule has 100 valence electrons. The predicted octanol–water partition coefficient (Wildman–Crippen LogP) is 2.83. The first-order valence-corrected chi connectivity index (χ1v) is 6.25. The summed E-state index contributed by atoms with van der Waals surface area (Å²) in [7, 11) is 1.24. The maximum Gasteiger partial charge on any atom is 0.408 e. The fourth-order valence-electron chi connectivity index (χ4n) is 1.24. The lowest BCUT2D eigenvalue weighted by Crippen LogP contribution is -2.53. The number of halogens is 3. The average Bonchev–Trinajstić information content (AvgIpc) is 2.34. The van der Waals surface area contributed by atoms with Crippen LogP contribution in [0.2, 0.25) is 0 Å². The van der Waals surface area contributed by atoms with Gasteiger partial charge in [0, 0.05) is 6.54 Å². The number of nitrogens with one attached hydrogen (secondary N) is 2. The van der Waals surface area contributed by atoms with Crippen LogP contribution in [0.3, 0.4) is 0 Å². The van der Waals surface area contributed by atoms with Gasteiger partial charge in [-0.2, -0.15) is 0 Å². The molecule has 1 aromatic carbocycles. The zero-order valence-electron chi connectivity index (χ0n) is 9.62. The van der Waals surface area contributed by atoms with Gasteiger partial charge in [-0.25, -0.2) is 4.79 Å². The molecule has 4 nitrogen and oxygen atoms in total. The van der Waals surface area contributed by atoms with Crippen LogP contribution in [0.5, 0.6) is 0 Å². The van der Waals surface area contributed by atoms with E-state index in [1.54, 1.807) is 0 Å². The lowest BCUT2D eigenvalue weighted by Gasteiger charge is -2.26. The van der Waals surface area contributed by atoms with Crippen molar-refractivity contribution in [3.8, 4) is 0 Å². The Morgan fingerprint density at radius 2 is 1.94 bits per heavy atom. The highest BCUT2D eigenvalue weighted by Gasteiger charge is 2.33. The number of carbonyl (C=O) groups excluding carboxylic acids is 1. The third-order valence-corrected chi connectivity index (χ3v) is 2.78. The summed E-state index contributed by atoms with van der Waals surface area (Å²) < 4.78 is 2.78. The van der Waals surface area contributed by atoms with Crippen molar-refractivity contribution in [2.24, 2.45) is 0 Å². The predicted molar refractivity (Wildman–Crippen MR) is 72.9 cm³/mol. The van der Waals surface area contributed by atoms with Crippen molar-refractivity contribution in [2.75, 3.05) is 7.11 Å². The van der Waals surface area contributed by atoms with Crippen LogP contribution in [-0.2, 0) is 11.3 Å². The fraction of sp³-hybridized carbons (Fsp3) is 0.364. The molecule has 0 aliphatic rings. The van der Waals surface area contributed by atoms with E-state index in [1.807, 2.05) is 30.3 Å². The van der Waals surface area contributed by atoms with Gasteiger partial charge in [0.15, 0.2) is 0 Å². The SMILES string of the molecule is COC(=O)NC(NCc1ccccc1)C(Cl)(Cl)Cl. The average molecular weight is 312 g/mol. The Morgan fingerprint density at radius 1 is 1.33 bits per heavy atom. The summed E-state index contributed by atoms with van der Waals surface area (Å²) in [6.07, 6.45) is -1.53. The first kappa shape index (κ1) is 15.4. The third kappa shape index (κ3) is 5.31. The number of hydrogen-bond donors (Lipinski definition) is 2. The molecule has 1 rings (SSSR count). The Labute approximate surface area is 121 Å². The van der Waals surface area contributed by atoms with Gasteiger partial charge in [0.25, 0.3) is 0 Å². The maximum absolute atomic E-state index is 11.1. The first-order chi connectivity index (χ1) is 8.43. The van der Waals surface area contributed by atoms with E-state index in [9.17, 15) is 4.79 Å². The molecule has 0 aliphatic carbocycles. The van der Waals surface area contributed by atoms with Crippen LogP contribution in [0, 0.1) is 0 Å². The normalized spacial score (nSPS) is 12.9. The molecular weight excluding hydrogens is 298 g/mol. The smallest absolute Gasteiger partial charge is 0.408 e. The highest BCUT2D eigenvalue weighted by molar-refractivity contribution is 6.68. The number of ether oxygens (including phenoxy) is 1. The van der Waals surface area contributed by atoms with E-state index in [2.05, 4.69) is 15.4 Å². The molecule has 1 unspecified atom stereocenters. The molecule has 0 fully saturated rings. The zero-order valence-corrected chi connectivity index (χ0v) is 11.9. The van der Waals surface area contributed by atoms with Crippen molar-refractivity contribution in [2.45, 2.75) is 16.5 Å². The third-order valence-electron chi connectivity index (χ3n) is 2.13. The second kappa shape index (κ2) is 7.04. The number of alkyl halides is 3. The van der Waals surface area contributed by atoms with Crippen LogP contribution >= 0.6 is 34.8 Å². The number of alkyl carbamates (subject to hydrolysis) is 1. The van der Waals surface area contributed by atoms with E-state index >= 15 is 0 Å². The number of hydrogen-bond acceptors (Lipinski definition) is 3. The van der Waals surface area contributed by atoms with Crippen LogP contribution in [-0.4, -0.2) is 23.2 Å². The molecule has 2 N–H and O–H groups in total. The molecule has 18 heavy (non-hydrogen) atoms. The van der Waals surface area contributed by atoms with Crippen molar-refractivity contribution in [1.82, 2.24) is 10.6 Å². The molecule has 1 aromatic rings. The van der Waals surface area contributed by atoms with Crippen LogP contribution in [0.1, 0.15) is 5.56 Å². The molecule has 0 spiro atoms. The van der Waals surface area contributed by atoms with E-state index in [0.717, 1.165) is 5.56 Å². The quantitative estimate of drug-likeness (QED) is 0.664. The lowest BCUT2D eigenvalue weighted by molar-refractivity contribution is 0.164. The number of benzene rings is 1. The monoisotopic (exact) mass is 310 g/mol.